The predicted molar refractivity (Wildman–Crippen MR) is 122 cm³/mol. The fraction of sp³-hybridized carbons (Fsp3) is 0.926. The first kappa shape index (κ1) is 24.2. The van der Waals surface area contributed by atoms with E-state index in [9.17, 15) is 8.78 Å². The molecule has 2 atom stereocenters. The van der Waals surface area contributed by atoms with Crippen LogP contribution in [0.2, 0.25) is 0 Å². The highest BCUT2D eigenvalue weighted by molar-refractivity contribution is 4.90. The summed E-state index contributed by atoms with van der Waals surface area (Å²) >= 11 is 0. The van der Waals surface area contributed by atoms with Gasteiger partial charge in [0.15, 0.2) is 0 Å². The Bertz CT molecular complexity index is 477. The first-order valence-electron chi connectivity index (χ1n) is 13.3. The van der Waals surface area contributed by atoms with Crippen LogP contribution >= 0.6 is 0 Å². The van der Waals surface area contributed by atoms with Crippen LogP contribution in [0.3, 0.4) is 0 Å². The van der Waals surface area contributed by atoms with Gasteiger partial charge in [0, 0.05) is 6.61 Å². The van der Waals surface area contributed by atoms with Crippen molar-refractivity contribution in [3.8, 4) is 0 Å². The first-order valence-corrected chi connectivity index (χ1v) is 13.3. The molecule has 174 valence electrons. The smallest absolute Gasteiger partial charge is 0.266 e. The lowest BCUT2D eigenvalue weighted by Crippen LogP contribution is -2.34. The number of hydrogen-bond acceptors (Lipinski definition) is 1. The maximum absolute atomic E-state index is 12.4. The van der Waals surface area contributed by atoms with E-state index in [2.05, 4.69) is 6.92 Å². The quantitative estimate of drug-likeness (QED) is 0.318. The zero-order valence-electron chi connectivity index (χ0n) is 19.4. The lowest BCUT2D eigenvalue weighted by molar-refractivity contribution is -0.0599. The Morgan fingerprint density at radius 2 is 1.30 bits per heavy atom. The fourth-order valence-corrected chi connectivity index (χ4v) is 6.46. The molecule has 1 saturated heterocycles. The Balaban J connectivity index is 1.21. The molecule has 3 aliphatic rings. The summed E-state index contributed by atoms with van der Waals surface area (Å²) in [6.45, 7) is 3.30. The summed E-state index contributed by atoms with van der Waals surface area (Å²) in [5, 5.41) is 0. The summed E-state index contributed by atoms with van der Waals surface area (Å²) in [7, 11) is 0. The van der Waals surface area contributed by atoms with Gasteiger partial charge in [-0.2, -0.15) is 8.78 Å². The van der Waals surface area contributed by atoms with E-state index in [1.54, 1.807) is 0 Å². The van der Waals surface area contributed by atoms with Gasteiger partial charge >= 0.3 is 0 Å². The Kier molecular flexibility index (Phi) is 10.6. The molecule has 1 heterocycles. The van der Waals surface area contributed by atoms with Gasteiger partial charge in [-0.3, -0.25) is 0 Å². The lowest BCUT2D eigenvalue weighted by Gasteiger charge is -2.38. The monoisotopic (exact) mass is 424 g/mol. The van der Waals surface area contributed by atoms with Gasteiger partial charge in [-0.25, -0.2) is 0 Å². The van der Waals surface area contributed by atoms with Crippen molar-refractivity contribution in [2.45, 2.75) is 122 Å². The first-order chi connectivity index (χ1) is 14.6. The van der Waals surface area contributed by atoms with Gasteiger partial charge in [-0.05, 0) is 93.5 Å². The number of halogens is 2. The molecule has 1 aliphatic heterocycles. The van der Waals surface area contributed by atoms with Gasteiger partial charge in [-0.1, -0.05) is 58.3 Å². The van der Waals surface area contributed by atoms with Crippen molar-refractivity contribution in [3.63, 3.8) is 0 Å². The minimum Gasteiger partial charge on any atom is -0.378 e. The summed E-state index contributed by atoms with van der Waals surface area (Å²) in [6, 6.07) is 0. The summed E-state index contributed by atoms with van der Waals surface area (Å²) in [5.74, 6) is 3.51. The molecular weight excluding hydrogens is 378 g/mol. The second-order valence-electron chi connectivity index (χ2n) is 10.8. The molecule has 1 nitrogen and oxygen atoms in total. The highest BCUT2D eigenvalue weighted by Gasteiger charge is 2.31. The molecule has 0 aromatic carbocycles. The van der Waals surface area contributed by atoms with E-state index in [4.69, 9.17) is 4.74 Å². The molecule has 0 bridgehead atoms. The fourth-order valence-electron chi connectivity index (χ4n) is 6.46. The average Bonchev–Trinajstić information content (AvgIpc) is 2.77. The molecule has 3 rings (SSSR count). The molecule has 30 heavy (non-hydrogen) atoms. The summed E-state index contributed by atoms with van der Waals surface area (Å²) in [6.07, 6.45) is 22.2. The Morgan fingerprint density at radius 1 is 0.733 bits per heavy atom. The zero-order valence-corrected chi connectivity index (χ0v) is 19.4. The van der Waals surface area contributed by atoms with Crippen LogP contribution in [0.25, 0.3) is 0 Å². The lowest BCUT2D eigenvalue weighted by atomic mass is 9.75. The van der Waals surface area contributed by atoms with Crippen LogP contribution < -0.4 is 0 Å². The minimum atomic E-state index is -1.49. The van der Waals surface area contributed by atoms with Crippen molar-refractivity contribution in [2.75, 3.05) is 6.61 Å². The minimum absolute atomic E-state index is 0.130. The van der Waals surface area contributed by atoms with Gasteiger partial charge in [-0.15, -0.1) is 0 Å². The highest BCUT2D eigenvalue weighted by atomic mass is 19.3. The number of hydrogen-bond donors (Lipinski definition) is 0. The Labute approximate surface area is 184 Å². The van der Waals surface area contributed by atoms with E-state index >= 15 is 0 Å². The third-order valence-electron chi connectivity index (χ3n) is 8.52. The van der Waals surface area contributed by atoms with Crippen molar-refractivity contribution in [2.24, 2.45) is 29.6 Å². The molecule has 0 spiro atoms. The molecule has 3 fully saturated rings. The van der Waals surface area contributed by atoms with Gasteiger partial charge in [0.25, 0.3) is 6.08 Å². The summed E-state index contributed by atoms with van der Waals surface area (Å²) < 4.78 is 31.1. The van der Waals surface area contributed by atoms with E-state index in [0.717, 1.165) is 56.0 Å². The van der Waals surface area contributed by atoms with Gasteiger partial charge < -0.3 is 4.74 Å². The molecule has 2 unspecified atom stereocenters. The van der Waals surface area contributed by atoms with Crippen LogP contribution in [0.15, 0.2) is 12.2 Å². The van der Waals surface area contributed by atoms with Crippen molar-refractivity contribution < 1.29 is 13.5 Å². The van der Waals surface area contributed by atoms with Crippen LogP contribution in [0.1, 0.15) is 116 Å². The van der Waals surface area contributed by atoms with Crippen LogP contribution in [0, 0.1) is 29.6 Å². The van der Waals surface area contributed by atoms with Crippen LogP contribution in [-0.2, 0) is 4.74 Å². The average molecular weight is 425 g/mol. The molecule has 3 heteroatoms. The van der Waals surface area contributed by atoms with Gasteiger partial charge in [0.05, 0.1) is 6.10 Å². The topological polar surface area (TPSA) is 9.23 Å². The molecule has 0 aromatic heterocycles. The Morgan fingerprint density at radius 3 is 1.87 bits per heavy atom. The number of allylic oxidation sites excluding steroid dienone is 1. The second-order valence-corrected chi connectivity index (χ2v) is 10.8. The number of ether oxygens (including phenoxy) is 1. The van der Waals surface area contributed by atoms with Crippen molar-refractivity contribution in [1.29, 1.82) is 0 Å². The van der Waals surface area contributed by atoms with E-state index < -0.39 is 6.08 Å². The molecule has 0 amide bonds. The highest BCUT2D eigenvalue weighted by Crippen LogP contribution is 2.38. The number of unbranched alkanes of at least 4 members (excludes halogenated alkanes) is 2. The predicted octanol–water partition coefficient (Wildman–Crippen LogP) is 8.93. The van der Waals surface area contributed by atoms with Crippen molar-refractivity contribution >= 4 is 0 Å². The van der Waals surface area contributed by atoms with E-state index in [0.29, 0.717) is 6.10 Å². The van der Waals surface area contributed by atoms with Crippen LogP contribution in [-0.4, -0.2) is 12.7 Å². The zero-order chi connectivity index (χ0) is 21.2. The molecule has 0 radical (unpaired) electrons. The molecule has 0 N–H and O–H groups in total. The van der Waals surface area contributed by atoms with E-state index in [-0.39, 0.29) is 5.92 Å². The molecule has 2 aliphatic carbocycles. The third kappa shape index (κ3) is 8.24. The normalized spacial score (nSPS) is 35.2. The molecule has 0 aromatic rings. The van der Waals surface area contributed by atoms with Gasteiger partial charge in [0.1, 0.15) is 0 Å². The third-order valence-corrected chi connectivity index (χ3v) is 8.52. The molecule has 2 saturated carbocycles. The van der Waals surface area contributed by atoms with Gasteiger partial charge in [0.2, 0.25) is 0 Å². The standard InChI is InChI=1S/C27H46F2O/c1-2-3-6-21-13-16-25(17-14-21)26-18-15-24(20-30-26)8-5-4-7-22-9-11-23(12-10-22)19-27(28)29/h19,21-26H,2-18,20H2,1H3. The maximum Gasteiger partial charge on any atom is 0.266 e. The summed E-state index contributed by atoms with van der Waals surface area (Å²) in [5.41, 5.74) is 0. The van der Waals surface area contributed by atoms with Crippen LogP contribution in [0.4, 0.5) is 8.78 Å². The second kappa shape index (κ2) is 13.2. The van der Waals surface area contributed by atoms with Crippen LogP contribution in [0.5, 0.6) is 0 Å². The Hall–Kier alpha value is -0.440. The SMILES string of the molecule is CCCCC1CCC(C2CCC(CCCCC3CCC(C=C(F)F)CC3)CO2)CC1. The van der Waals surface area contributed by atoms with Crippen molar-refractivity contribution in [1.82, 2.24) is 0 Å². The van der Waals surface area contributed by atoms with Crippen molar-refractivity contribution in [3.05, 3.63) is 12.2 Å². The van der Waals surface area contributed by atoms with E-state index in [1.165, 1.54) is 89.5 Å². The maximum atomic E-state index is 12.4. The number of rotatable bonds is 10. The molecular formula is C27H46F2O. The van der Waals surface area contributed by atoms with E-state index in [1.807, 2.05) is 0 Å². The summed E-state index contributed by atoms with van der Waals surface area (Å²) in [4.78, 5) is 0. The largest absolute Gasteiger partial charge is 0.378 e.